The zero-order valence-corrected chi connectivity index (χ0v) is 56.1. The zero-order chi connectivity index (χ0) is 60.7. The van der Waals surface area contributed by atoms with E-state index in [0.29, 0.717) is 0 Å². The van der Waals surface area contributed by atoms with Crippen LogP contribution in [0.5, 0.6) is 0 Å². The molecule has 0 atom stereocenters. The molecule has 0 N–H and O–H groups in total. The van der Waals surface area contributed by atoms with E-state index in [1.807, 2.05) is 0 Å². The van der Waals surface area contributed by atoms with Crippen molar-refractivity contribution in [2.75, 3.05) is 105 Å². The molecule has 11 nitrogen and oxygen atoms in total. The molecule has 0 rings (SSSR count). The molecule has 0 spiro atoms. The van der Waals surface area contributed by atoms with E-state index in [4.69, 9.17) is 34.8 Å². The molecule has 0 radical (unpaired) electrons. The summed E-state index contributed by atoms with van der Waals surface area (Å²) in [5, 5.41) is 34.5. The summed E-state index contributed by atoms with van der Waals surface area (Å²) >= 11 is 0. The summed E-state index contributed by atoms with van der Waals surface area (Å²) in [6, 6.07) is 0. The first-order valence-corrected chi connectivity index (χ1v) is 34.1. The van der Waals surface area contributed by atoms with Crippen molar-refractivity contribution in [3.63, 3.8) is 0 Å². The van der Waals surface area contributed by atoms with Gasteiger partial charge in [0.2, 0.25) is 0 Å². The van der Waals surface area contributed by atoms with Crippen molar-refractivity contribution in [1.82, 2.24) is 0 Å². The van der Waals surface area contributed by atoms with Gasteiger partial charge in [0, 0.05) is 0 Å². The minimum atomic E-state index is -2.33. The van der Waals surface area contributed by atoms with E-state index < -0.39 is 18.1 Å². The molecule has 0 amide bonds. The quantitative estimate of drug-likeness (QED) is 0.0436. The number of hydrogen-bond donors (Lipinski definition) is 0. The molecule has 0 heterocycles. The minimum absolute atomic E-state index is 1.35. The number of aliphatic carboxylic acids is 2. The maximum atomic E-state index is 8.93. The summed E-state index contributed by atoms with van der Waals surface area (Å²) in [5.74, 6) is -4.37. The fraction of sp³-hybridized carbons (Fsp3) is 0.955. The SMILES string of the molecule is CCCC[N+](CCCC)(CCCC)CCCC.CCCC[N+](CCCC)(CCCC)CCCC.CCCC[N+](CCCC)(CCCC)CCCC.CCCC[N+](CCCC)(CCCC)CCCC.O=C([O-])C(=O)[O-].O=C([O-])[O-]. The van der Waals surface area contributed by atoms with Crippen LogP contribution in [0.4, 0.5) is 4.79 Å². The van der Waals surface area contributed by atoms with Gasteiger partial charge in [0.25, 0.3) is 0 Å². The second-order valence-corrected chi connectivity index (χ2v) is 23.4. The van der Waals surface area contributed by atoms with Crippen molar-refractivity contribution >= 4 is 18.1 Å². The van der Waals surface area contributed by atoms with E-state index in [0.717, 1.165) is 0 Å². The molecule has 0 aromatic rings. The van der Waals surface area contributed by atoms with Crippen molar-refractivity contribution in [2.24, 2.45) is 0 Å². The van der Waals surface area contributed by atoms with Crippen LogP contribution in [0.1, 0.15) is 316 Å². The van der Waals surface area contributed by atoms with Gasteiger partial charge in [-0.15, -0.1) is 0 Å². The lowest BCUT2D eigenvalue weighted by Gasteiger charge is -2.39. The molecule has 0 aromatic heterocycles. The topological polar surface area (TPSA) is 143 Å². The Balaban J connectivity index is -0.000000209. The zero-order valence-electron chi connectivity index (χ0n) is 56.1. The highest BCUT2D eigenvalue weighted by Crippen LogP contribution is 2.20. The van der Waals surface area contributed by atoms with Crippen molar-refractivity contribution in [2.45, 2.75) is 316 Å². The molecule has 0 saturated heterocycles. The monoisotopic (exact) mass is 1120 g/mol. The van der Waals surface area contributed by atoms with Gasteiger partial charge in [-0.1, -0.05) is 214 Å². The first-order chi connectivity index (χ1) is 37.3. The highest BCUT2D eigenvalue weighted by Gasteiger charge is 2.28. The average molecular weight is 1120 g/mol. The second-order valence-electron chi connectivity index (χ2n) is 23.4. The highest BCUT2D eigenvalue weighted by molar-refractivity contribution is 6.25. The fourth-order valence-corrected chi connectivity index (χ4v) is 10.6. The smallest absolute Gasteiger partial charge is 0.0870 e. The van der Waals surface area contributed by atoms with Crippen LogP contribution in [0.2, 0.25) is 0 Å². The number of carboxylic acids is 2. The lowest BCUT2D eigenvalue weighted by Crippen LogP contribution is -2.50. The van der Waals surface area contributed by atoms with Crippen molar-refractivity contribution < 1.29 is 52.7 Å². The maximum absolute atomic E-state index is 8.93. The standard InChI is InChI=1S/4C16H36N.C2H2O4.CH2O3/c4*1-5-9-13-17(14-10-6-2,15-11-7-3)16-12-8-4;3-1(4)2(5)6;2-1(3)4/h4*5-16H2,1-4H3;(H,3,4)(H,5,6);(H2,2,3,4)/q4*+1;;/p-4. The Morgan fingerprint density at radius 3 is 0.295 bits per heavy atom. The molecule has 0 aliphatic carbocycles. The van der Waals surface area contributed by atoms with Gasteiger partial charge in [0.1, 0.15) is 0 Å². The number of carbonyl (C=O) groups is 3. The third kappa shape index (κ3) is 58.7. The summed E-state index contributed by atoms with van der Waals surface area (Å²) in [6.45, 7) is 60.1. The first kappa shape index (κ1) is 87.3. The van der Waals surface area contributed by atoms with Gasteiger partial charge in [-0.3, -0.25) is 0 Å². The predicted molar refractivity (Wildman–Crippen MR) is 333 cm³/mol. The molecular formula is C67H144N4O7. The Kier molecular flexibility index (Phi) is 73.7. The molecule has 0 aliphatic rings. The number of hydrogen-bond acceptors (Lipinski definition) is 7. The third-order valence-electron chi connectivity index (χ3n) is 15.9. The van der Waals surface area contributed by atoms with Crippen LogP contribution in [0.3, 0.4) is 0 Å². The molecule has 474 valence electrons. The lowest BCUT2D eigenvalue weighted by atomic mass is 10.1. The van der Waals surface area contributed by atoms with E-state index in [2.05, 4.69) is 111 Å². The van der Waals surface area contributed by atoms with E-state index in [-0.39, 0.29) is 0 Å². The van der Waals surface area contributed by atoms with Crippen LogP contribution in [-0.2, 0) is 9.59 Å². The molecule has 0 unspecified atom stereocenters. The number of quaternary nitrogens is 4. The van der Waals surface area contributed by atoms with E-state index in [1.165, 1.54) is 328 Å². The van der Waals surface area contributed by atoms with Gasteiger partial charge in [-0.05, 0) is 109 Å². The summed E-state index contributed by atoms with van der Waals surface area (Å²) in [4.78, 5) is 26.2. The first-order valence-electron chi connectivity index (χ1n) is 34.1. The van der Waals surface area contributed by atoms with Gasteiger partial charge in [-0.2, -0.15) is 0 Å². The van der Waals surface area contributed by atoms with E-state index in [9.17, 15) is 0 Å². The normalized spacial score (nSPS) is 11.3. The average Bonchev–Trinajstić information content (AvgIpc) is 3.44. The largest absolute Gasteiger partial charge is 0.652 e. The maximum Gasteiger partial charge on any atom is 0.0870 e. The Bertz CT molecular complexity index is 895. The van der Waals surface area contributed by atoms with Crippen LogP contribution < -0.4 is 20.4 Å². The molecule has 0 fully saturated rings. The number of rotatable bonds is 48. The Hall–Kier alpha value is -1.95. The second kappa shape index (κ2) is 65.9. The minimum Gasteiger partial charge on any atom is -0.652 e. The number of nitrogens with zero attached hydrogens (tertiary/aromatic N) is 4. The summed E-state index contributed by atoms with van der Waals surface area (Å²) in [5.41, 5.74) is 0. The molecule has 0 bridgehead atoms. The van der Waals surface area contributed by atoms with Gasteiger partial charge >= 0.3 is 0 Å². The Morgan fingerprint density at radius 1 is 0.192 bits per heavy atom. The molecule has 0 saturated carbocycles. The van der Waals surface area contributed by atoms with E-state index in [1.54, 1.807) is 0 Å². The molecular weight excluding hydrogens is 973 g/mol. The van der Waals surface area contributed by atoms with Crippen LogP contribution in [0.15, 0.2) is 0 Å². The molecule has 0 aliphatic heterocycles. The predicted octanol–water partition coefficient (Wildman–Crippen LogP) is 14.1. The van der Waals surface area contributed by atoms with Crippen molar-refractivity contribution in [3.05, 3.63) is 0 Å². The van der Waals surface area contributed by atoms with Gasteiger partial charge in [-0.25, -0.2) is 0 Å². The molecule has 0 aromatic carbocycles. The van der Waals surface area contributed by atoms with Crippen LogP contribution >= 0.6 is 0 Å². The number of unbranched alkanes of at least 4 members (excludes halogenated alkanes) is 16. The summed E-state index contributed by atoms with van der Waals surface area (Å²) < 4.78 is 5.68. The van der Waals surface area contributed by atoms with E-state index >= 15 is 0 Å². The number of carbonyl (C=O) groups excluding carboxylic acids is 3. The van der Waals surface area contributed by atoms with Gasteiger partial charge in [0.15, 0.2) is 0 Å². The lowest BCUT2D eigenvalue weighted by molar-refractivity contribution is -0.929. The Labute approximate surface area is 489 Å². The molecule has 78 heavy (non-hydrogen) atoms. The fourth-order valence-electron chi connectivity index (χ4n) is 10.6. The number of carboxylic acid groups (broad SMARTS) is 4. The van der Waals surface area contributed by atoms with Gasteiger partial charge in [0.05, 0.1) is 117 Å². The van der Waals surface area contributed by atoms with Crippen molar-refractivity contribution in [1.29, 1.82) is 0 Å². The van der Waals surface area contributed by atoms with Crippen LogP contribution in [0, 0.1) is 0 Å². The molecule has 11 heteroatoms. The van der Waals surface area contributed by atoms with Crippen molar-refractivity contribution in [3.8, 4) is 0 Å². The Morgan fingerprint density at radius 2 is 0.256 bits per heavy atom. The third-order valence-corrected chi connectivity index (χ3v) is 15.9. The summed E-state index contributed by atoms with van der Waals surface area (Å²) in [6.07, 6.45) is 41.9. The van der Waals surface area contributed by atoms with Crippen LogP contribution in [-0.4, -0.2) is 141 Å². The van der Waals surface area contributed by atoms with Crippen LogP contribution in [0.25, 0.3) is 0 Å². The van der Waals surface area contributed by atoms with Gasteiger partial charge < -0.3 is 52.7 Å². The highest BCUT2D eigenvalue weighted by atomic mass is 16.6. The summed E-state index contributed by atoms with van der Waals surface area (Å²) in [7, 11) is 0.